The Hall–Kier alpha value is -3.07. The number of rotatable bonds is 8. The second-order valence-corrected chi connectivity index (χ2v) is 7.44. The number of hydrogen-bond donors (Lipinski definition) is 1. The molecular weight excluding hydrogens is 456 g/mol. The molecule has 3 rings (SSSR count). The zero-order chi connectivity index (χ0) is 21.5. The highest BCUT2D eigenvalue weighted by Gasteiger charge is 2.15. The predicted molar refractivity (Wildman–Crippen MR) is 112 cm³/mol. The lowest BCUT2D eigenvalue weighted by atomic mass is 10.1. The van der Waals surface area contributed by atoms with E-state index in [2.05, 4.69) is 26.4 Å². The van der Waals surface area contributed by atoms with Crippen molar-refractivity contribution in [1.82, 2.24) is 5.32 Å². The number of halogens is 1. The molecule has 158 valence electrons. The number of benzene rings is 2. The van der Waals surface area contributed by atoms with Crippen LogP contribution >= 0.6 is 15.9 Å². The number of nitrogens with one attached hydrogen (secondary N) is 1. The summed E-state index contributed by atoms with van der Waals surface area (Å²) < 4.78 is 16.4. The van der Waals surface area contributed by atoms with Crippen LogP contribution in [0, 0.1) is 0 Å². The van der Waals surface area contributed by atoms with Crippen molar-refractivity contribution in [1.29, 1.82) is 0 Å². The Labute approximate surface area is 182 Å². The van der Waals surface area contributed by atoms with Gasteiger partial charge in [-0.3, -0.25) is 4.79 Å². The van der Waals surface area contributed by atoms with Crippen LogP contribution in [0.1, 0.15) is 31.0 Å². The van der Waals surface area contributed by atoms with E-state index in [1.807, 2.05) is 37.3 Å². The highest BCUT2D eigenvalue weighted by Crippen LogP contribution is 2.32. The Morgan fingerprint density at radius 1 is 1.13 bits per heavy atom. The number of oxime groups is 1. The third kappa shape index (κ3) is 5.96. The zero-order valence-corrected chi connectivity index (χ0v) is 18.1. The maximum Gasteiger partial charge on any atom is 0.347 e. The van der Waals surface area contributed by atoms with Crippen molar-refractivity contribution in [2.24, 2.45) is 5.16 Å². The molecule has 1 atom stereocenters. The molecule has 0 bridgehead atoms. The van der Waals surface area contributed by atoms with E-state index in [9.17, 15) is 9.59 Å². The van der Waals surface area contributed by atoms with E-state index in [4.69, 9.17) is 19.0 Å². The summed E-state index contributed by atoms with van der Waals surface area (Å²) in [6.07, 6.45) is 0. The van der Waals surface area contributed by atoms with Crippen molar-refractivity contribution >= 4 is 33.5 Å². The first kappa shape index (κ1) is 21.6. The molecule has 0 aliphatic carbocycles. The van der Waals surface area contributed by atoms with Crippen LogP contribution in [-0.4, -0.2) is 37.6 Å². The quantitative estimate of drug-likeness (QED) is 0.356. The van der Waals surface area contributed by atoms with E-state index in [-0.39, 0.29) is 12.8 Å². The Balaban J connectivity index is 1.39. The molecule has 1 N–H and O–H groups in total. The van der Waals surface area contributed by atoms with Gasteiger partial charge in [-0.05, 0) is 49.7 Å². The number of nitrogens with zero attached hydrogens (tertiary/aromatic N) is 1. The van der Waals surface area contributed by atoms with Crippen LogP contribution in [0.3, 0.4) is 0 Å². The van der Waals surface area contributed by atoms with E-state index in [1.54, 1.807) is 19.1 Å². The number of carbonyl (C=O) groups excluding carboxylic acids is 2. The minimum atomic E-state index is -0.691. The minimum absolute atomic E-state index is 0.187. The highest BCUT2D eigenvalue weighted by atomic mass is 79.9. The van der Waals surface area contributed by atoms with Gasteiger partial charge >= 0.3 is 5.97 Å². The SMILES string of the molecule is C/C(=N\OCC(=O)OCC(=O)NC(C)c1ccc(Br)cc1)c1ccc2c(c1)OCO2. The monoisotopic (exact) mass is 476 g/mol. The van der Waals surface area contributed by atoms with E-state index in [0.29, 0.717) is 17.2 Å². The lowest BCUT2D eigenvalue weighted by Crippen LogP contribution is -2.31. The average molecular weight is 477 g/mol. The first-order valence-electron chi connectivity index (χ1n) is 9.19. The van der Waals surface area contributed by atoms with Crippen LogP contribution in [0.5, 0.6) is 11.5 Å². The van der Waals surface area contributed by atoms with Crippen LogP contribution in [0.25, 0.3) is 0 Å². The number of esters is 1. The highest BCUT2D eigenvalue weighted by molar-refractivity contribution is 9.10. The van der Waals surface area contributed by atoms with Gasteiger partial charge < -0.3 is 24.4 Å². The van der Waals surface area contributed by atoms with Crippen LogP contribution in [-0.2, 0) is 19.2 Å². The van der Waals surface area contributed by atoms with Crippen molar-refractivity contribution < 1.29 is 28.6 Å². The summed E-state index contributed by atoms with van der Waals surface area (Å²) in [5.41, 5.74) is 2.27. The maximum absolute atomic E-state index is 12.0. The van der Waals surface area contributed by atoms with Gasteiger partial charge in [0.05, 0.1) is 11.8 Å². The summed E-state index contributed by atoms with van der Waals surface area (Å²) in [5.74, 6) is 0.205. The van der Waals surface area contributed by atoms with Crippen molar-refractivity contribution in [3.05, 3.63) is 58.1 Å². The molecule has 8 nitrogen and oxygen atoms in total. The average Bonchev–Trinajstić information content (AvgIpc) is 3.20. The van der Waals surface area contributed by atoms with Crippen molar-refractivity contribution in [3.8, 4) is 11.5 Å². The Kier molecular flexibility index (Phi) is 7.29. The standard InChI is InChI=1S/C21H21BrN2O6/c1-13(15-3-6-17(22)7-4-15)23-20(25)10-27-21(26)11-30-24-14(2)16-5-8-18-19(9-16)29-12-28-18/h3-9,13H,10-12H2,1-2H3,(H,23,25)/b24-14+. The fraction of sp³-hybridized carbons (Fsp3) is 0.286. The molecule has 2 aromatic rings. The molecule has 1 amide bonds. The maximum atomic E-state index is 12.0. The lowest BCUT2D eigenvalue weighted by molar-refractivity contribution is -0.153. The second-order valence-electron chi connectivity index (χ2n) is 6.52. The normalized spacial score (nSPS) is 13.5. The molecule has 2 aromatic carbocycles. The molecule has 0 saturated carbocycles. The van der Waals surface area contributed by atoms with Crippen molar-refractivity contribution in [2.45, 2.75) is 19.9 Å². The minimum Gasteiger partial charge on any atom is -0.454 e. The fourth-order valence-corrected chi connectivity index (χ4v) is 2.93. The molecular formula is C21H21BrN2O6. The fourth-order valence-electron chi connectivity index (χ4n) is 2.66. The van der Waals surface area contributed by atoms with Gasteiger partial charge in [0, 0.05) is 10.0 Å². The molecule has 9 heteroatoms. The summed E-state index contributed by atoms with van der Waals surface area (Å²) in [5, 5.41) is 6.66. The topological polar surface area (TPSA) is 95.5 Å². The van der Waals surface area contributed by atoms with Gasteiger partial charge in [0.15, 0.2) is 18.1 Å². The molecule has 1 aliphatic rings. The van der Waals surface area contributed by atoms with E-state index >= 15 is 0 Å². The predicted octanol–water partition coefficient (Wildman–Crippen LogP) is 3.34. The van der Waals surface area contributed by atoms with Gasteiger partial charge in [-0.25, -0.2) is 4.79 Å². The number of carbonyl (C=O) groups is 2. The Bertz CT molecular complexity index is 945. The number of amides is 1. The molecule has 0 fully saturated rings. The first-order valence-corrected chi connectivity index (χ1v) is 9.98. The second kappa shape index (κ2) is 10.1. The first-order chi connectivity index (χ1) is 14.4. The summed E-state index contributed by atoms with van der Waals surface area (Å²) >= 11 is 3.36. The summed E-state index contributed by atoms with van der Waals surface area (Å²) in [7, 11) is 0. The summed E-state index contributed by atoms with van der Waals surface area (Å²) in [4.78, 5) is 28.8. The molecule has 1 heterocycles. The molecule has 0 radical (unpaired) electrons. The van der Waals surface area contributed by atoms with E-state index in [1.165, 1.54) is 0 Å². The van der Waals surface area contributed by atoms with Crippen LogP contribution in [0.2, 0.25) is 0 Å². The molecule has 30 heavy (non-hydrogen) atoms. The Morgan fingerprint density at radius 2 is 1.87 bits per heavy atom. The van der Waals surface area contributed by atoms with Gasteiger partial charge in [-0.15, -0.1) is 0 Å². The largest absolute Gasteiger partial charge is 0.454 e. The van der Waals surface area contributed by atoms with Gasteiger partial charge in [0.25, 0.3) is 5.91 Å². The van der Waals surface area contributed by atoms with Gasteiger partial charge in [-0.2, -0.15) is 0 Å². The molecule has 1 unspecified atom stereocenters. The summed E-state index contributed by atoms with van der Waals surface area (Å²) in [6, 6.07) is 12.7. The number of fused-ring (bicyclic) bond motifs is 1. The van der Waals surface area contributed by atoms with E-state index in [0.717, 1.165) is 15.6 Å². The van der Waals surface area contributed by atoms with Crippen molar-refractivity contribution in [3.63, 3.8) is 0 Å². The van der Waals surface area contributed by atoms with Gasteiger partial charge in [0.2, 0.25) is 13.4 Å². The van der Waals surface area contributed by atoms with Crippen LogP contribution < -0.4 is 14.8 Å². The van der Waals surface area contributed by atoms with Gasteiger partial charge in [-0.1, -0.05) is 33.2 Å². The van der Waals surface area contributed by atoms with E-state index < -0.39 is 25.1 Å². The molecule has 0 saturated heterocycles. The third-order valence-electron chi connectivity index (χ3n) is 4.29. The number of hydrogen-bond acceptors (Lipinski definition) is 7. The third-order valence-corrected chi connectivity index (χ3v) is 4.81. The molecule has 0 aromatic heterocycles. The lowest BCUT2D eigenvalue weighted by Gasteiger charge is -2.14. The smallest absolute Gasteiger partial charge is 0.347 e. The number of ether oxygens (including phenoxy) is 3. The molecule has 1 aliphatic heterocycles. The Morgan fingerprint density at radius 3 is 2.63 bits per heavy atom. The molecule has 0 spiro atoms. The van der Waals surface area contributed by atoms with Crippen LogP contribution in [0.15, 0.2) is 52.1 Å². The summed E-state index contributed by atoms with van der Waals surface area (Å²) in [6.45, 7) is 2.97. The van der Waals surface area contributed by atoms with Crippen molar-refractivity contribution in [2.75, 3.05) is 20.0 Å². The zero-order valence-electron chi connectivity index (χ0n) is 16.5. The van der Waals surface area contributed by atoms with Crippen LogP contribution in [0.4, 0.5) is 0 Å². The van der Waals surface area contributed by atoms with Gasteiger partial charge in [0.1, 0.15) is 0 Å².